The lowest BCUT2D eigenvalue weighted by Crippen LogP contribution is -2.28. The van der Waals surface area contributed by atoms with Gasteiger partial charge in [0.15, 0.2) is 11.6 Å². The Balaban J connectivity index is 2.63. The molecule has 0 aliphatic heterocycles. The van der Waals surface area contributed by atoms with Crippen LogP contribution in [0.1, 0.15) is 31.9 Å². The summed E-state index contributed by atoms with van der Waals surface area (Å²) in [5.74, 6) is -0.121. The van der Waals surface area contributed by atoms with Gasteiger partial charge in [0.05, 0.1) is 13.2 Å². The first-order valence-electron chi connectivity index (χ1n) is 5.83. The lowest BCUT2D eigenvalue weighted by Gasteiger charge is -2.17. The van der Waals surface area contributed by atoms with Crippen molar-refractivity contribution in [2.45, 2.75) is 32.4 Å². The van der Waals surface area contributed by atoms with Crippen molar-refractivity contribution < 1.29 is 14.2 Å². The maximum absolute atomic E-state index is 13.5. The van der Waals surface area contributed by atoms with Crippen LogP contribution in [0.25, 0.3) is 0 Å². The third-order valence-corrected chi connectivity index (χ3v) is 2.81. The van der Waals surface area contributed by atoms with E-state index in [2.05, 4.69) is 5.32 Å². The summed E-state index contributed by atoms with van der Waals surface area (Å²) in [7, 11) is 1.44. The molecule has 0 aliphatic rings. The Kier molecular flexibility index (Phi) is 5.38. The van der Waals surface area contributed by atoms with Crippen LogP contribution in [-0.2, 0) is 0 Å². The van der Waals surface area contributed by atoms with Gasteiger partial charge in [0, 0.05) is 12.6 Å². The molecule has 0 saturated carbocycles. The molecule has 1 aromatic carbocycles. The monoisotopic (exact) mass is 241 g/mol. The van der Waals surface area contributed by atoms with E-state index in [1.807, 2.05) is 19.9 Å². The zero-order valence-electron chi connectivity index (χ0n) is 10.5. The summed E-state index contributed by atoms with van der Waals surface area (Å²) in [6, 6.07) is 4.88. The smallest absolute Gasteiger partial charge is 0.165 e. The highest BCUT2D eigenvalue weighted by molar-refractivity contribution is 5.30. The van der Waals surface area contributed by atoms with Crippen molar-refractivity contribution in [3.63, 3.8) is 0 Å². The van der Waals surface area contributed by atoms with Crippen LogP contribution < -0.4 is 10.1 Å². The normalized spacial score (nSPS) is 14.4. The first-order valence-corrected chi connectivity index (χ1v) is 5.83. The van der Waals surface area contributed by atoms with Crippen molar-refractivity contribution in [2.75, 3.05) is 13.7 Å². The zero-order valence-corrected chi connectivity index (χ0v) is 10.5. The number of benzene rings is 1. The molecule has 0 saturated heterocycles. The molecule has 0 heterocycles. The summed E-state index contributed by atoms with van der Waals surface area (Å²) in [6.07, 6.45) is 0.344. The summed E-state index contributed by atoms with van der Waals surface area (Å²) in [4.78, 5) is 0. The maximum Gasteiger partial charge on any atom is 0.165 e. The van der Waals surface area contributed by atoms with Crippen LogP contribution in [0.4, 0.5) is 4.39 Å². The number of nitrogens with one attached hydrogen (secondary N) is 1. The van der Waals surface area contributed by atoms with Crippen LogP contribution in [0.5, 0.6) is 5.75 Å². The van der Waals surface area contributed by atoms with E-state index in [0.29, 0.717) is 13.0 Å². The van der Waals surface area contributed by atoms with Gasteiger partial charge in [0.1, 0.15) is 0 Å². The number of methoxy groups -OCH3 is 1. The largest absolute Gasteiger partial charge is 0.494 e. The Morgan fingerprint density at radius 3 is 2.71 bits per heavy atom. The van der Waals surface area contributed by atoms with Crippen LogP contribution in [0.15, 0.2) is 18.2 Å². The summed E-state index contributed by atoms with van der Waals surface area (Å²) < 4.78 is 18.3. The fourth-order valence-electron chi connectivity index (χ4n) is 1.53. The van der Waals surface area contributed by atoms with Gasteiger partial charge in [0.2, 0.25) is 0 Å². The molecule has 0 amide bonds. The van der Waals surface area contributed by atoms with Crippen LogP contribution in [0, 0.1) is 5.82 Å². The van der Waals surface area contributed by atoms with Crippen molar-refractivity contribution >= 4 is 0 Å². The van der Waals surface area contributed by atoms with Gasteiger partial charge in [-0.05, 0) is 31.0 Å². The zero-order chi connectivity index (χ0) is 12.8. The van der Waals surface area contributed by atoms with E-state index in [-0.39, 0.29) is 23.7 Å². The predicted molar refractivity (Wildman–Crippen MR) is 65.7 cm³/mol. The molecule has 0 aromatic heterocycles. The molecule has 4 heteroatoms. The van der Waals surface area contributed by atoms with Gasteiger partial charge in [-0.3, -0.25) is 0 Å². The molecule has 1 rings (SSSR count). The van der Waals surface area contributed by atoms with Crippen LogP contribution in [0.2, 0.25) is 0 Å². The summed E-state index contributed by atoms with van der Waals surface area (Å²) >= 11 is 0. The van der Waals surface area contributed by atoms with Crippen molar-refractivity contribution in [1.82, 2.24) is 5.32 Å². The molecule has 0 unspecified atom stereocenters. The highest BCUT2D eigenvalue weighted by Crippen LogP contribution is 2.21. The Hall–Kier alpha value is -1.13. The van der Waals surface area contributed by atoms with Gasteiger partial charge in [-0.25, -0.2) is 4.39 Å². The number of aliphatic hydroxyl groups excluding tert-OH is 1. The maximum atomic E-state index is 13.5. The van der Waals surface area contributed by atoms with E-state index in [1.165, 1.54) is 13.2 Å². The number of hydrogen-bond donors (Lipinski definition) is 2. The molecule has 3 nitrogen and oxygen atoms in total. The third-order valence-electron chi connectivity index (χ3n) is 2.81. The highest BCUT2D eigenvalue weighted by Gasteiger charge is 2.10. The number of hydrogen-bond acceptors (Lipinski definition) is 3. The van der Waals surface area contributed by atoms with E-state index in [9.17, 15) is 9.50 Å². The van der Waals surface area contributed by atoms with Crippen molar-refractivity contribution in [2.24, 2.45) is 0 Å². The second kappa shape index (κ2) is 6.57. The first-order chi connectivity index (χ1) is 8.08. The van der Waals surface area contributed by atoms with Gasteiger partial charge in [-0.1, -0.05) is 13.0 Å². The average molecular weight is 241 g/mol. The second-order valence-corrected chi connectivity index (χ2v) is 4.09. The molecule has 2 atom stereocenters. The topological polar surface area (TPSA) is 41.5 Å². The molecule has 0 radical (unpaired) electrons. The molecule has 2 N–H and O–H groups in total. The summed E-state index contributed by atoms with van der Waals surface area (Å²) in [5, 5.41) is 12.6. The predicted octanol–water partition coefficient (Wildman–Crippen LogP) is 2.26. The molecule has 1 aromatic rings. The molecule has 0 aliphatic carbocycles. The molecule has 0 bridgehead atoms. The quantitative estimate of drug-likeness (QED) is 0.802. The van der Waals surface area contributed by atoms with Gasteiger partial charge in [-0.15, -0.1) is 0 Å². The number of ether oxygens (including phenoxy) is 1. The first kappa shape index (κ1) is 13.9. The minimum atomic E-state index is -0.366. The van der Waals surface area contributed by atoms with Gasteiger partial charge in [0.25, 0.3) is 0 Å². The SMILES string of the molecule is CC[C@H](O)CN[C@H](C)c1ccc(OC)c(F)c1. The Morgan fingerprint density at radius 2 is 2.18 bits per heavy atom. The van der Waals surface area contributed by atoms with Gasteiger partial charge >= 0.3 is 0 Å². The van der Waals surface area contributed by atoms with E-state index < -0.39 is 0 Å². The minimum absolute atomic E-state index is 0.00314. The Labute approximate surface area is 102 Å². The van der Waals surface area contributed by atoms with Crippen LogP contribution >= 0.6 is 0 Å². The molecular formula is C13H20FNO2. The van der Waals surface area contributed by atoms with E-state index >= 15 is 0 Å². The molecule has 0 fully saturated rings. The molecule has 17 heavy (non-hydrogen) atoms. The highest BCUT2D eigenvalue weighted by atomic mass is 19.1. The Morgan fingerprint density at radius 1 is 1.47 bits per heavy atom. The van der Waals surface area contributed by atoms with E-state index in [4.69, 9.17) is 4.74 Å². The van der Waals surface area contributed by atoms with Crippen molar-refractivity contribution in [1.29, 1.82) is 0 Å². The standard InChI is InChI=1S/C13H20FNO2/c1-4-11(16)8-15-9(2)10-5-6-13(17-3)12(14)7-10/h5-7,9,11,15-16H,4,8H2,1-3H3/t9-,11+/m1/s1. The average Bonchev–Trinajstić information content (AvgIpc) is 2.35. The van der Waals surface area contributed by atoms with Crippen molar-refractivity contribution in [3.8, 4) is 5.75 Å². The second-order valence-electron chi connectivity index (χ2n) is 4.09. The van der Waals surface area contributed by atoms with Crippen molar-refractivity contribution in [3.05, 3.63) is 29.6 Å². The molecule has 96 valence electrons. The van der Waals surface area contributed by atoms with E-state index in [1.54, 1.807) is 6.07 Å². The molecular weight excluding hydrogens is 221 g/mol. The van der Waals surface area contributed by atoms with Gasteiger partial charge < -0.3 is 15.2 Å². The third kappa shape index (κ3) is 3.98. The molecule has 0 spiro atoms. The summed E-state index contributed by atoms with van der Waals surface area (Å²) in [5.41, 5.74) is 0.839. The van der Waals surface area contributed by atoms with Crippen LogP contribution in [-0.4, -0.2) is 24.9 Å². The minimum Gasteiger partial charge on any atom is -0.494 e. The van der Waals surface area contributed by atoms with E-state index in [0.717, 1.165) is 5.56 Å². The van der Waals surface area contributed by atoms with Crippen LogP contribution in [0.3, 0.4) is 0 Å². The number of aliphatic hydroxyl groups is 1. The summed E-state index contributed by atoms with van der Waals surface area (Å²) in [6.45, 7) is 4.36. The lowest BCUT2D eigenvalue weighted by atomic mass is 10.1. The number of rotatable bonds is 6. The van der Waals surface area contributed by atoms with Gasteiger partial charge in [-0.2, -0.15) is 0 Å². The fraction of sp³-hybridized carbons (Fsp3) is 0.538. The lowest BCUT2D eigenvalue weighted by molar-refractivity contribution is 0.163. The Bertz CT molecular complexity index is 357. The number of halogens is 1. The fourth-order valence-corrected chi connectivity index (χ4v) is 1.53.